The van der Waals surface area contributed by atoms with Crippen molar-refractivity contribution < 1.29 is 145 Å². The van der Waals surface area contributed by atoms with Crippen LogP contribution in [-0.4, -0.2) is 68.4 Å². The molecule has 0 bridgehead atoms. The second-order valence-corrected chi connectivity index (χ2v) is 18.6. The van der Waals surface area contributed by atoms with Crippen molar-refractivity contribution in [3.8, 4) is 0 Å². The Morgan fingerprint density at radius 2 is 1.45 bits per heavy atom. The smallest absolute Gasteiger partial charge is 0.726 e. The number of fused-ring (bicyclic) bond motifs is 5. The molecule has 0 spiro atoms. The fourth-order valence-electron chi connectivity index (χ4n) is 10.8. The van der Waals surface area contributed by atoms with Crippen molar-refractivity contribution in [2.45, 2.75) is 131 Å². The number of allylic oxidation sites excluding steroid dienone is 3. The summed E-state index contributed by atoms with van der Waals surface area (Å²) >= 11 is 0. The van der Waals surface area contributed by atoms with E-state index in [1.165, 1.54) is 5.57 Å². The summed E-state index contributed by atoms with van der Waals surface area (Å²) in [5.74, 6) is -1.09. The summed E-state index contributed by atoms with van der Waals surface area (Å²) in [6, 6.07) is 0. The number of aliphatic hydroxyl groups is 1. The van der Waals surface area contributed by atoms with E-state index in [-0.39, 0.29) is 112 Å². The summed E-state index contributed by atoms with van der Waals surface area (Å²) in [6.45, 7) is 19.0. The summed E-state index contributed by atoms with van der Waals surface area (Å²) < 4.78 is 121. The summed E-state index contributed by atoms with van der Waals surface area (Å²) in [5.41, 5.74) is -0.0733. The van der Waals surface area contributed by atoms with Crippen LogP contribution in [0.1, 0.15) is 106 Å². The van der Waals surface area contributed by atoms with Gasteiger partial charge < -0.3 is 18.8 Å². The maximum absolute atomic E-state index is 12.1. The van der Waals surface area contributed by atoms with E-state index in [0.29, 0.717) is 18.3 Å². The van der Waals surface area contributed by atoms with E-state index in [4.69, 9.17) is 4.18 Å². The van der Waals surface area contributed by atoms with Gasteiger partial charge in [-0.15, -0.1) is 0 Å². The normalized spacial score (nSPS) is 37.2. The zero-order valence-corrected chi connectivity index (χ0v) is 40.3. The predicted molar refractivity (Wildman–Crippen MR) is 172 cm³/mol. The molecule has 0 saturated heterocycles. The maximum atomic E-state index is 12.1. The average molecular weight is 809 g/mol. The molecule has 1 N–H and O–H groups in total. The molecule has 278 valence electrons. The number of rotatable bonds is 13. The van der Waals surface area contributed by atoms with E-state index in [0.717, 1.165) is 44.1 Å². The average Bonchev–Trinajstić information content (AvgIpc) is 3.20. The molecule has 0 amide bonds. The summed E-state index contributed by atoms with van der Waals surface area (Å²) in [5, 5.41) is 11.5. The predicted octanol–water partition coefficient (Wildman–Crippen LogP) is -4.51. The van der Waals surface area contributed by atoms with Gasteiger partial charge in [0, 0.05) is 5.92 Å². The molecule has 0 aromatic carbocycles. The third-order valence-corrected chi connectivity index (χ3v) is 15.1. The third kappa shape index (κ3) is 10.2. The molecule has 0 aromatic rings. The minimum Gasteiger partial charge on any atom is -0.726 e. The monoisotopic (exact) mass is 808 g/mol. The van der Waals surface area contributed by atoms with E-state index in [1.807, 2.05) is 6.08 Å². The molecule has 19 heteroatoms. The summed E-state index contributed by atoms with van der Waals surface area (Å²) in [4.78, 5) is 0. The van der Waals surface area contributed by atoms with Crippen LogP contribution in [0, 0.1) is 45.3 Å². The van der Waals surface area contributed by atoms with Gasteiger partial charge in [0.1, 0.15) is 12.2 Å². The molecule has 51 heavy (non-hydrogen) atoms. The van der Waals surface area contributed by atoms with Gasteiger partial charge in [0.2, 0.25) is 31.2 Å². The SMILES string of the molecule is C=C(C)C(CC)(CC)CC[C@@H](C)[C@H]1CC[C@@]2(C)[C@@H]3C[C@H](OS(=O)(=O)[O-])[C@H]4[C@@H](O)[C@H](OS(=O)(=O)[O-])[C@@H](OS(=O)(=O)[O-])C[C@]4(C)C3=CC[C@]12C.[Na+].[Na+].[Na+]. The van der Waals surface area contributed by atoms with Crippen molar-refractivity contribution in [3.05, 3.63) is 23.8 Å². The maximum Gasteiger partial charge on any atom is 1.00 e. The molecular weight excluding hydrogens is 758 g/mol. The van der Waals surface area contributed by atoms with Crippen molar-refractivity contribution in [1.82, 2.24) is 0 Å². The van der Waals surface area contributed by atoms with E-state index in [2.05, 4.69) is 56.5 Å². The molecule has 0 unspecified atom stereocenters. The molecule has 4 aliphatic carbocycles. The molecule has 0 aliphatic heterocycles. The summed E-state index contributed by atoms with van der Waals surface area (Å²) in [6.07, 6.45) is 0.175. The van der Waals surface area contributed by atoms with E-state index in [1.54, 1.807) is 6.92 Å². The van der Waals surface area contributed by atoms with Gasteiger partial charge in [0.05, 0.1) is 12.2 Å². The Labute approximate surface area is 372 Å². The summed E-state index contributed by atoms with van der Waals surface area (Å²) in [7, 11) is -16.4. The van der Waals surface area contributed by atoms with E-state index >= 15 is 0 Å². The molecule has 13 nitrogen and oxygen atoms in total. The first-order valence-electron chi connectivity index (χ1n) is 16.7. The Balaban J connectivity index is 0.00000433. The Bertz CT molecular complexity index is 1620. The first-order valence-corrected chi connectivity index (χ1v) is 20.7. The van der Waals surface area contributed by atoms with E-state index in [9.17, 15) is 44.0 Å². The quantitative estimate of drug-likeness (QED) is 0.0804. The van der Waals surface area contributed by atoms with Gasteiger partial charge in [-0.2, -0.15) is 0 Å². The topological polar surface area (TPSA) is 220 Å². The number of hydrogen-bond donors (Lipinski definition) is 1. The van der Waals surface area contributed by atoms with Crippen LogP contribution < -0.4 is 88.7 Å². The van der Waals surface area contributed by atoms with Crippen LogP contribution in [0.5, 0.6) is 0 Å². The standard InChI is InChI=1S/C32H54O13S3.3Na/c1-9-32(10-2,19(3)4)16-11-20(5)21-12-14-31(8)23-17-24(43-46(34,35)36)26-27(33)28(45-48(40,41)42)25(44-47(37,38)39)18-29(26,6)22(23)13-15-30(21,31)7;;;/h13,20-21,23-28,33H,3,9-12,14-18H2,1-2,4-8H3,(H,34,35,36)(H,37,38,39)(H,40,41,42);;;/q;3*+1/p-3/t20-,21-,23-,24+,25+,26+,27-,28-,29-,30-,31+;;;/m1.../s1. The third-order valence-electron chi connectivity index (χ3n) is 13.7. The van der Waals surface area contributed by atoms with Gasteiger partial charge in [-0.25, -0.2) is 25.3 Å². The van der Waals surface area contributed by atoms with Crippen molar-refractivity contribution >= 4 is 31.2 Å². The fourth-order valence-corrected chi connectivity index (χ4v) is 12.3. The zero-order chi connectivity index (χ0) is 36.5. The van der Waals surface area contributed by atoms with Crippen LogP contribution in [0.15, 0.2) is 23.8 Å². The Hall–Kier alpha value is 2.05. The molecule has 11 atom stereocenters. The Morgan fingerprint density at radius 1 is 0.941 bits per heavy atom. The van der Waals surface area contributed by atoms with Crippen molar-refractivity contribution in [3.63, 3.8) is 0 Å². The van der Waals surface area contributed by atoms with Crippen LogP contribution in [0.25, 0.3) is 0 Å². The zero-order valence-electron chi connectivity index (χ0n) is 31.8. The first kappa shape index (κ1) is 51.1. The van der Waals surface area contributed by atoms with Crippen LogP contribution in [0.4, 0.5) is 0 Å². The minimum atomic E-state index is -5.57. The van der Waals surface area contributed by atoms with Crippen molar-refractivity contribution in [2.24, 2.45) is 45.3 Å². The van der Waals surface area contributed by atoms with Crippen LogP contribution in [0.2, 0.25) is 0 Å². The first-order chi connectivity index (χ1) is 21.8. The minimum absolute atomic E-state index is 0. The van der Waals surface area contributed by atoms with Gasteiger partial charge in [-0.1, -0.05) is 65.3 Å². The molecule has 0 radical (unpaired) electrons. The van der Waals surface area contributed by atoms with Crippen LogP contribution >= 0.6 is 0 Å². The van der Waals surface area contributed by atoms with Crippen molar-refractivity contribution in [1.29, 1.82) is 0 Å². The molecule has 0 heterocycles. The second kappa shape index (κ2) is 17.9. The number of hydrogen-bond acceptors (Lipinski definition) is 13. The van der Waals surface area contributed by atoms with Gasteiger partial charge in [0.25, 0.3) is 0 Å². The molecule has 4 rings (SSSR count). The second-order valence-electron chi connectivity index (χ2n) is 15.6. The van der Waals surface area contributed by atoms with Crippen molar-refractivity contribution in [2.75, 3.05) is 0 Å². The van der Waals surface area contributed by atoms with Gasteiger partial charge in [-0.05, 0) is 104 Å². The number of aliphatic hydroxyl groups excluding tert-OH is 1. The molecular formula is C32H51Na3O13S3. The Kier molecular flexibility index (Phi) is 17.9. The molecule has 3 saturated carbocycles. The Morgan fingerprint density at radius 3 is 1.92 bits per heavy atom. The van der Waals surface area contributed by atoms with Crippen LogP contribution in [0.3, 0.4) is 0 Å². The van der Waals surface area contributed by atoms with Gasteiger partial charge in [-0.3, -0.25) is 12.5 Å². The molecule has 0 aromatic heterocycles. The fraction of sp³-hybridized carbons (Fsp3) is 0.875. The molecule has 4 aliphatic rings. The van der Waals surface area contributed by atoms with Gasteiger partial charge in [0.15, 0.2) is 0 Å². The largest absolute Gasteiger partial charge is 1.00 e. The van der Waals surface area contributed by atoms with Crippen LogP contribution in [-0.2, 0) is 43.7 Å². The van der Waals surface area contributed by atoms with Gasteiger partial charge >= 0.3 is 88.7 Å². The molecule has 3 fully saturated rings. The van der Waals surface area contributed by atoms with E-state index < -0.39 is 78.8 Å².